The molecule has 1 aromatic carbocycles. The van der Waals surface area contributed by atoms with Gasteiger partial charge >= 0.3 is 0 Å². The summed E-state index contributed by atoms with van der Waals surface area (Å²) in [6.07, 6.45) is 0. The third-order valence-electron chi connectivity index (χ3n) is 1.37. The summed E-state index contributed by atoms with van der Waals surface area (Å²) in [6, 6.07) is 4.88. The van der Waals surface area contributed by atoms with Crippen LogP contribution in [0.3, 0.4) is 0 Å². The van der Waals surface area contributed by atoms with E-state index in [9.17, 15) is 0 Å². The molecule has 0 saturated heterocycles. The van der Waals surface area contributed by atoms with E-state index in [1.54, 1.807) is 12.1 Å². The number of nitrogen functional groups attached to an aromatic ring is 1. The fourth-order valence-electron chi connectivity index (χ4n) is 0.773. The van der Waals surface area contributed by atoms with E-state index >= 15 is 0 Å². The van der Waals surface area contributed by atoms with Crippen molar-refractivity contribution in [3.05, 3.63) is 23.8 Å². The molecule has 4 nitrogen and oxygen atoms in total. The molecule has 0 unspecified atom stereocenters. The number of anilines is 1. The smallest absolute Gasteiger partial charge is 0.138 e. The lowest BCUT2D eigenvalue weighted by molar-refractivity contribution is -0.116. The minimum atomic E-state index is 0.0473. The fraction of sp³-hybridized carbons (Fsp3) is 0.143. The van der Waals surface area contributed by atoms with E-state index in [0.717, 1.165) is 17.6 Å². The van der Waals surface area contributed by atoms with Gasteiger partial charge in [0.2, 0.25) is 0 Å². The summed E-state index contributed by atoms with van der Waals surface area (Å²) in [4.78, 5) is 0. The molecule has 12 heavy (non-hydrogen) atoms. The molecule has 0 amide bonds. The summed E-state index contributed by atoms with van der Waals surface area (Å²) in [6.45, 7) is 0. The Morgan fingerprint density at radius 1 is 1.50 bits per heavy atom. The Morgan fingerprint density at radius 2 is 2.25 bits per heavy atom. The maximum atomic E-state index is 9.16. The van der Waals surface area contributed by atoms with Gasteiger partial charge in [0.15, 0.2) is 0 Å². The van der Waals surface area contributed by atoms with Crippen LogP contribution in [0.1, 0.15) is 5.56 Å². The molecular weight excluding hydrogens is 178 g/mol. The largest absolute Gasteiger partial charge is 0.506 e. The number of phenolic OH excluding ortho intramolecular Hbond substituents is 1. The Hall–Kier alpha value is -0.910. The summed E-state index contributed by atoms with van der Waals surface area (Å²) in [5, 5.41) is 17.2. The zero-order chi connectivity index (χ0) is 8.97. The van der Waals surface area contributed by atoms with Crippen molar-refractivity contribution in [2.45, 2.75) is 5.75 Å². The van der Waals surface area contributed by atoms with Crippen molar-refractivity contribution in [2.75, 3.05) is 5.73 Å². The third kappa shape index (κ3) is 2.30. The monoisotopic (exact) mass is 187 g/mol. The van der Waals surface area contributed by atoms with Gasteiger partial charge < -0.3 is 10.8 Å². The zero-order valence-electron chi connectivity index (χ0n) is 6.23. The minimum absolute atomic E-state index is 0.0473. The number of phenols is 1. The Bertz CT molecular complexity index is 267. The highest BCUT2D eigenvalue weighted by atomic mass is 32.2. The summed E-state index contributed by atoms with van der Waals surface area (Å²) >= 11 is 0.879. The van der Waals surface area contributed by atoms with Gasteiger partial charge in [0.25, 0.3) is 0 Å². The van der Waals surface area contributed by atoms with Gasteiger partial charge in [0, 0.05) is 17.8 Å². The van der Waals surface area contributed by atoms with Gasteiger partial charge in [-0.05, 0) is 17.7 Å². The zero-order valence-corrected chi connectivity index (χ0v) is 7.04. The first kappa shape index (κ1) is 9.18. The van der Waals surface area contributed by atoms with E-state index in [4.69, 9.17) is 16.1 Å². The van der Waals surface area contributed by atoms with Crippen molar-refractivity contribution >= 4 is 17.7 Å². The molecule has 0 fully saturated rings. The summed E-state index contributed by atoms with van der Waals surface area (Å²) in [7, 11) is 0. The van der Waals surface area contributed by atoms with E-state index in [2.05, 4.69) is 4.33 Å². The fourth-order valence-corrected chi connectivity index (χ4v) is 1.14. The first-order valence-corrected chi connectivity index (χ1v) is 4.15. The maximum absolute atomic E-state index is 9.16. The Labute approximate surface area is 74.1 Å². The Kier molecular flexibility index (Phi) is 3.21. The normalized spacial score (nSPS) is 10.1. The van der Waals surface area contributed by atoms with E-state index in [0.29, 0.717) is 11.4 Å². The van der Waals surface area contributed by atoms with Crippen molar-refractivity contribution < 1.29 is 14.7 Å². The van der Waals surface area contributed by atoms with E-state index in [1.807, 2.05) is 0 Å². The molecule has 0 spiro atoms. The van der Waals surface area contributed by atoms with E-state index < -0.39 is 0 Å². The molecule has 0 saturated carbocycles. The van der Waals surface area contributed by atoms with Crippen LogP contribution in [0.2, 0.25) is 0 Å². The van der Waals surface area contributed by atoms with Crippen LogP contribution in [0, 0.1) is 0 Å². The topological polar surface area (TPSA) is 75.7 Å². The number of hydrogen-bond donors (Lipinski definition) is 3. The molecule has 0 aliphatic carbocycles. The molecule has 66 valence electrons. The highest BCUT2D eigenvalue weighted by Gasteiger charge is 1.99. The van der Waals surface area contributed by atoms with E-state index in [-0.39, 0.29) is 5.75 Å². The minimum Gasteiger partial charge on any atom is -0.506 e. The lowest BCUT2D eigenvalue weighted by Gasteiger charge is -2.01. The first-order chi connectivity index (χ1) is 5.74. The third-order valence-corrected chi connectivity index (χ3v) is 1.93. The first-order valence-electron chi connectivity index (χ1n) is 3.24. The standard InChI is InChI=1S/C7H9NO3S/c8-6-2-1-5(3-7(6)9)4-12-11-10/h1-3,9-10H,4,8H2. The maximum Gasteiger partial charge on any atom is 0.138 e. The summed E-state index contributed by atoms with van der Waals surface area (Å²) < 4.78 is 3.82. The Morgan fingerprint density at radius 3 is 2.83 bits per heavy atom. The van der Waals surface area contributed by atoms with Crippen LogP contribution in [0.5, 0.6) is 5.75 Å². The molecule has 0 bridgehead atoms. The van der Waals surface area contributed by atoms with Crippen molar-refractivity contribution in [3.8, 4) is 5.75 Å². The summed E-state index contributed by atoms with van der Waals surface area (Å²) in [5.41, 5.74) is 6.56. The molecule has 0 aliphatic rings. The van der Waals surface area contributed by atoms with Gasteiger partial charge in [0.05, 0.1) is 5.69 Å². The van der Waals surface area contributed by atoms with Gasteiger partial charge in [-0.3, -0.25) is 0 Å². The second-order valence-electron chi connectivity index (χ2n) is 2.23. The summed E-state index contributed by atoms with van der Waals surface area (Å²) in [5.74, 6) is 0.510. The van der Waals surface area contributed by atoms with Crippen LogP contribution < -0.4 is 5.73 Å². The molecule has 0 atom stereocenters. The van der Waals surface area contributed by atoms with Crippen LogP contribution in [-0.2, 0) is 10.1 Å². The van der Waals surface area contributed by atoms with Gasteiger partial charge in [-0.15, -0.1) is 0 Å². The molecule has 1 rings (SSSR count). The molecule has 0 aliphatic heterocycles. The number of benzene rings is 1. The average Bonchev–Trinajstić information content (AvgIpc) is 2.07. The van der Waals surface area contributed by atoms with Gasteiger partial charge in [-0.1, -0.05) is 6.07 Å². The quantitative estimate of drug-likeness (QED) is 0.220. The molecule has 1 aromatic rings. The SMILES string of the molecule is Nc1ccc(CSOO)cc1O. The van der Waals surface area contributed by atoms with Crippen molar-refractivity contribution in [2.24, 2.45) is 0 Å². The molecule has 0 radical (unpaired) electrons. The van der Waals surface area contributed by atoms with Crippen LogP contribution in [0.25, 0.3) is 0 Å². The predicted molar refractivity (Wildman–Crippen MR) is 47.5 cm³/mol. The van der Waals surface area contributed by atoms with Crippen LogP contribution in [0.4, 0.5) is 5.69 Å². The highest BCUT2D eigenvalue weighted by molar-refractivity contribution is 7.93. The number of rotatable bonds is 3. The second kappa shape index (κ2) is 4.20. The lowest BCUT2D eigenvalue weighted by atomic mass is 10.2. The van der Waals surface area contributed by atoms with Gasteiger partial charge in [-0.25, -0.2) is 5.26 Å². The lowest BCUT2D eigenvalue weighted by Crippen LogP contribution is -1.87. The average molecular weight is 187 g/mol. The van der Waals surface area contributed by atoms with Crippen LogP contribution in [0.15, 0.2) is 18.2 Å². The Balaban J connectivity index is 2.69. The molecule has 4 N–H and O–H groups in total. The van der Waals surface area contributed by atoms with Crippen molar-refractivity contribution in [1.29, 1.82) is 0 Å². The van der Waals surface area contributed by atoms with Gasteiger partial charge in [-0.2, -0.15) is 4.33 Å². The highest BCUT2D eigenvalue weighted by Crippen LogP contribution is 2.23. The number of nitrogens with two attached hydrogens (primary N) is 1. The number of hydrogen-bond acceptors (Lipinski definition) is 5. The molecule has 0 heterocycles. The molecule has 0 aromatic heterocycles. The van der Waals surface area contributed by atoms with Gasteiger partial charge in [0.1, 0.15) is 5.75 Å². The van der Waals surface area contributed by atoms with Crippen LogP contribution in [-0.4, -0.2) is 10.4 Å². The van der Waals surface area contributed by atoms with Crippen molar-refractivity contribution in [1.82, 2.24) is 0 Å². The molecule has 5 heteroatoms. The van der Waals surface area contributed by atoms with Crippen LogP contribution >= 0.6 is 12.0 Å². The molecular formula is C7H9NO3S. The predicted octanol–water partition coefficient (Wildman–Crippen LogP) is 1.61. The van der Waals surface area contributed by atoms with Crippen molar-refractivity contribution in [3.63, 3.8) is 0 Å². The van der Waals surface area contributed by atoms with E-state index in [1.165, 1.54) is 6.07 Å². The number of aromatic hydroxyl groups is 1. The second-order valence-corrected chi connectivity index (χ2v) is 2.90.